The molecule has 0 spiro atoms. The van der Waals surface area contributed by atoms with Gasteiger partial charge < -0.3 is 15.0 Å². The highest BCUT2D eigenvalue weighted by molar-refractivity contribution is 5.58. The Kier molecular flexibility index (Phi) is 6.70. The minimum absolute atomic E-state index is 0.211. The van der Waals surface area contributed by atoms with E-state index < -0.39 is 0 Å². The molecular weight excluding hydrogens is 321 g/mol. The minimum Gasteiger partial charge on any atom is -0.462 e. The smallest absolute Gasteiger partial charge is 0.293 e. The van der Waals surface area contributed by atoms with E-state index in [0.29, 0.717) is 12.4 Å². The maximum atomic E-state index is 12.9. The van der Waals surface area contributed by atoms with Crippen molar-refractivity contribution >= 4 is 6.47 Å². The average molecular weight is 347 g/mol. The third-order valence-electron chi connectivity index (χ3n) is 3.88. The van der Waals surface area contributed by atoms with Crippen molar-refractivity contribution in [3.8, 4) is 11.3 Å². The molecule has 0 aliphatic carbocycles. The first-order valence-electron chi connectivity index (χ1n) is 8.52. The molecule has 0 bridgehead atoms. The molecule has 1 saturated heterocycles. The van der Waals surface area contributed by atoms with E-state index in [9.17, 15) is 9.18 Å². The molecule has 6 heteroatoms. The number of hydrogen-bond donors (Lipinski definition) is 2. The zero-order valence-electron chi connectivity index (χ0n) is 15.0. The van der Waals surface area contributed by atoms with Gasteiger partial charge in [-0.25, -0.2) is 9.37 Å². The van der Waals surface area contributed by atoms with E-state index in [1.54, 1.807) is 12.1 Å². The number of benzene rings is 1. The number of nitrogens with zero attached hydrogens (tertiary/aromatic N) is 1. The Bertz CT molecular complexity index is 656. The van der Waals surface area contributed by atoms with Crippen molar-refractivity contribution in [2.45, 2.75) is 45.1 Å². The Morgan fingerprint density at radius 2 is 1.84 bits per heavy atom. The van der Waals surface area contributed by atoms with Crippen molar-refractivity contribution in [3.63, 3.8) is 0 Å². The Morgan fingerprint density at radius 1 is 1.20 bits per heavy atom. The number of aromatic amines is 1. The average Bonchev–Trinajstić information content (AvgIpc) is 3.06. The number of ether oxygens (including phenoxy) is 1. The van der Waals surface area contributed by atoms with Crippen molar-refractivity contribution in [2.75, 3.05) is 13.1 Å². The third kappa shape index (κ3) is 6.31. The van der Waals surface area contributed by atoms with Gasteiger partial charge >= 0.3 is 0 Å². The summed E-state index contributed by atoms with van der Waals surface area (Å²) in [6, 6.07) is 6.49. The zero-order valence-corrected chi connectivity index (χ0v) is 15.0. The molecule has 2 N–H and O–H groups in total. The first-order chi connectivity index (χ1) is 11.9. The van der Waals surface area contributed by atoms with E-state index in [1.807, 2.05) is 27.0 Å². The SMILES string of the molecule is CC(C)(C)OC=O.Fc1ccc(-c2cnc(C3CCNCC3)[nH]2)cc1. The lowest BCUT2D eigenvalue weighted by Crippen LogP contribution is -2.27. The Labute approximate surface area is 148 Å². The summed E-state index contributed by atoms with van der Waals surface area (Å²) in [7, 11) is 0. The third-order valence-corrected chi connectivity index (χ3v) is 3.88. The van der Waals surface area contributed by atoms with Crippen molar-refractivity contribution < 1.29 is 13.9 Å². The van der Waals surface area contributed by atoms with Crippen LogP contribution in [0.25, 0.3) is 11.3 Å². The molecule has 1 aliphatic heterocycles. The van der Waals surface area contributed by atoms with Gasteiger partial charge in [-0.05, 0) is 76.5 Å². The Morgan fingerprint density at radius 3 is 2.36 bits per heavy atom. The Balaban J connectivity index is 0.000000277. The number of imidazole rings is 1. The van der Waals surface area contributed by atoms with Crippen molar-refractivity contribution in [2.24, 2.45) is 0 Å². The first kappa shape index (κ1) is 19.1. The number of hydrogen-bond acceptors (Lipinski definition) is 4. The largest absolute Gasteiger partial charge is 0.462 e. The molecule has 0 saturated carbocycles. The summed E-state index contributed by atoms with van der Waals surface area (Å²) in [4.78, 5) is 17.4. The predicted molar refractivity (Wildman–Crippen MR) is 95.7 cm³/mol. The summed E-state index contributed by atoms with van der Waals surface area (Å²) in [5, 5.41) is 3.35. The topological polar surface area (TPSA) is 67.0 Å². The first-order valence-corrected chi connectivity index (χ1v) is 8.52. The fraction of sp³-hybridized carbons (Fsp3) is 0.474. The highest BCUT2D eigenvalue weighted by atomic mass is 19.1. The van der Waals surface area contributed by atoms with E-state index in [0.717, 1.165) is 43.0 Å². The minimum atomic E-state index is -0.318. The van der Waals surface area contributed by atoms with Gasteiger partial charge in [0, 0.05) is 5.92 Å². The summed E-state index contributed by atoms with van der Waals surface area (Å²) in [5.41, 5.74) is 1.62. The lowest BCUT2D eigenvalue weighted by molar-refractivity contribution is -0.138. The highest BCUT2D eigenvalue weighted by Crippen LogP contribution is 2.25. The van der Waals surface area contributed by atoms with E-state index in [1.165, 1.54) is 12.1 Å². The van der Waals surface area contributed by atoms with E-state index >= 15 is 0 Å². The lowest BCUT2D eigenvalue weighted by Gasteiger charge is -2.20. The number of halogens is 1. The number of carbonyl (C=O) groups is 1. The normalized spacial score (nSPS) is 15.2. The number of aromatic nitrogens is 2. The number of piperidine rings is 1. The molecule has 136 valence electrons. The molecule has 1 aromatic carbocycles. The van der Waals surface area contributed by atoms with Gasteiger partial charge in [0.15, 0.2) is 0 Å². The van der Waals surface area contributed by atoms with Crippen LogP contribution in [0.2, 0.25) is 0 Å². The molecule has 2 heterocycles. The zero-order chi connectivity index (χ0) is 18.3. The molecule has 0 unspecified atom stereocenters. The molecular formula is C19H26FN3O2. The van der Waals surface area contributed by atoms with E-state index in [4.69, 9.17) is 0 Å². The number of rotatable bonds is 3. The molecule has 5 nitrogen and oxygen atoms in total. The second-order valence-electron chi connectivity index (χ2n) is 7.04. The van der Waals surface area contributed by atoms with Crippen LogP contribution in [0.4, 0.5) is 4.39 Å². The summed E-state index contributed by atoms with van der Waals surface area (Å²) in [6.07, 6.45) is 4.08. The van der Waals surface area contributed by atoms with Gasteiger partial charge in [-0.3, -0.25) is 4.79 Å². The lowest BCUT2D eigenvalue weighted by atomic mass is 9.98. The summed E-state index contributed by atoms with van der Waals surface area (Å²) >= 11 is 0. The monoisotopic (exact) mass is 347 g/mol. The van der Waals surface area contributed by atoms with Crippen molar-refractivity contribution in [1.29, 1.82) is 0 Å². The summed E-state index contributed by atoms with van der Waals surface area (Å²) in [5.74, 6) is 1.35. The maximum Gasteiger partial charge on any atom is 0.293 e. The number of nitrogens with one attached hydrogen (secondary N) is 2. The van der Waals surface area contributed by atoms with Gasteiger partial charge in [-0.15, -0.1) is 0 Å². The van der Waals surface area contributed by atoms with E-state index in [-0.39, 0.29) is 11.4 Å². The van der Waals surface area contributed by atoms with Gasteiger partial charge in [-0.2, -0.15) is 0 Å². The van der Waals surface area contributed by atoms with Crippen LogP contribution in [-0.2, 0) is 9.53 Å². The van der Waals surface area contributed by atoms with Gasteiger partial charge in [0.05, 0.1) is 11.9 Å². The van der Waals surface area contributed by atoms with Gasteiger partial charge in [0.1, 0.15) is 17.2 Å². The molecule has 0 amide bonds. The second kappa shape index (κ2) is 8.76. The van der Waals surface area contributed by atoms with Crippen molar-refractivity contribution in [1.82, 2.24) is 15.3 Å². The molecule has 0 atom stereocenters. The van der Waals surface area contributed by atoms with Crippen LogP contribution in [0.15, 0.2) is 30.5 Å². The molecule has 1 fully saturated rings. The molecule has 2 aromatic rings. The Hall–Kier alpha value is -2.21. The van der Waals surface area contributed by atoms with Crippen molar-refractivity contribution in [3.05, 3.63) is 42.1 Å². The molecule has 1 aliphatic rings. The molecule has 0 radical (unpaired) electrons. The van der Waals surface area contributed by atoms with Crippen LogP contribution in [0.1, 0.15) is 45.4 Å². The maximum absolute atomic E-state index is 12.9. The van der Waals surface area contributed by atoms with Crippen LogP contribution in [0.3, 0.4) is 0 Å². The molecule has 25 heavy (non-hydrogen) atoms. The van der Waals surface area contributed by atoms with Crippen LogP contribution in [-0.4, -0.2) is 35.1 Å². The van der Waals surface area contributed by atoms with Crippen LogP contribution >= 0.6 is 0 Å². The standard InChI is InChI=1S/C14H16FN3.C5H10O2/c15-12-3-1-10(2-4-12)13-9-17-14(18-13)11-5-7-16-8-6-11;1-5(2,3)7-4-6/h1-4,9,11,16H,5-8H2,(H,17,18);4H,1-3H3. The summed E-state index contributed by atoms with van der Waals surface area (Å²) < 4.78 is 17.4. The van der Waals surface area contributed by atoms with Crippen LogP contribution < -0.4 is 5.32 Å². The number of carbonyl (C=O) groups excluding carboxylic acids is 1. The number of H-pyrrole nitrogens is 1. The van der Waals surface area contributed by atoms with Gasteiger partial charge in [0.2, 0.25) is 0 Å². The second-order valence-corrected chi connectivity index (χ2v) is 7.04. The predicted octanol–water partition coefficient (Wildman–Crippen LogP) is 3.64. The molecule has 3 rings (SSSR count). The quantitative estimate of drug-likeness (QED) is 0.832. The molecule has 1 aromatic heterocycles. The van der Waals surface area contributed by atoms with Crippen LogP contribution in [0.5, 0.6) is 0 Å². The van der Waals surface area contributed by atoms with Gasteiger partial charge in [0.25, 0.3) is 6.47 Å². The highest BCUT2D eigenvalue weighted by Gasteiger charge is 2.18. The van der Waals surface area contributed by atoms with E-state index in [2.05, 4.69) is 20.0 Å². The van der Waals surface area contributed by atoms with Gasteiger partial charge in [-0.1, -0.05) is 0 Å². The fourth-order valence-corrected chi connectivity index (χ4v) is 2.56. The fourth-order valence-electron chi connectivity index (χ4n) is 2.56. The summed E-state index contributed by atoms with van der Waals surface area (Å²) in [6.45, 7) is 8.03. The van der Waals surface area contributed by atoms with Crippen LogP contribution in [0, 0.1) is 5.82 Å².